The zero-order valence-corrected chi connectivity index (χ0v) is 12.7. The molecule has 0 heterocycles. The topological polar surface area (TPSA) is 21.3 Å². The number of rotatable bonds is 7. The van der Waals surface area contributed by atoms with Crippen LogP contribution in [0.4, 0.5) is 4.39 Å². The standard InChI is InChI=1S/C16H26FNO/c1-6-16(7-2,19-5)15(18-8-3)14-10-9-13(17)11-12(14)4/h9-11,15,18H,6-8H2,1-5H3. The molecule has 0 spiro atoms. The summed E-state index contributed by atoms with van der Waals surface area (Å²) in [5, 5.41) is 3.51. The van der Waals surface area contributed by atoms with Crippen molar-refractivity contribution in [2.75, 3.05) is 13.7 Å². The van der Waals surface area contributed by atoms with E-state index in [0.29, 0.717) is 0 Å². The van der Waals surface area contributed by atoms with E-state index in [0.717, 1.165) is 30.5 Å². The number of hydrogen-bond donors (Lipinski definition) is 1. The van der Waals surface area contributed by atoms with E-state index in [4.69, 9.17) is 4.74 Å². The molecule has 0 saturated carbocycles. The van der Waals surface area contributed by atoms with E-state index in [-0.39, 0.29) is 17.5 Å². The summed E-state index contributed by atoms with van der Waals surface area (Å²) in [6.07, 6.45) is 1.82. The summed E-state index contributed by atoms with van der Waals surface area (Å²) in [4.78, 5) is 0. The second kappa shape index (κ2) is 7.01. The zero-order valence-electron chi connectivity index (χ0n) is 12.7. The Morgan fingerprint density at radius 3 is 2.32 bits per heavy atom. The Labute approximate surface area is 116 Å². The number of halogens is 1. The molecule has 19 heavy (non-hydrogen) atoms. The highest BCUT2D eigenvalue weighted by atomic mass is 19.1. The van der Waals surface area contributed by atoms with Crippen LogP contribution in [0.3, 0.4) is 0 Å². The van der Waals surface area contributed by atoms with Crippen LogP contribution in [0.15, 0.2) is 18.2 Å². The zero-order chi connectivity index (χ0) is 14.5. The fourth-order valence-electron chi connectivity index (χ4n) is 2.81. The molecule has 2 nitrogen and oxygen atoms in total. The first-order chi connectivity index (χ1) is 9.04. The molecule has 1 aromatic rings. The van der Waals surface area contributed by atoms with Crippen LogP contribution in [0.1, 0.15) is 50.8 Å². The van der Waals surface area contributed by atoms with Gasteiger partial charge in [-0.1, -0.05) is 26.8 Å². The number of aryl methyl sites for hydroxylation is 1. The third-order valence-corrected chi connectivity index (χ3v) is 4.08. The highest BCUT2D eigenvalue weighted by Gasteiger charge is 2.37. The van der Waals surface area contributed by atoms with E-state index in [9.17, 15) is 4.39 Å². The molecule has 1 aromatic carbocycles. The fourth-order valence-corrected chi connectivity index (χ4v) is 2.81. The summed E-state index contributed by atoms with van der Waals surface area (Å²) in [6, 6.07) is 5.07. The van der Waals surface area contributed by atoms with Gasteiger partial charge in [0.15, 0.2) is 0 Å². The van der Waals surface area contributed by atoms with Crippen LogP contribution in [-0.2, 0) is 4.74 Å². The minimum Gasteiger partial charge on any atom is -0.376 e. The van der Waals surface area contributed by atoms with Gasteiger partial charge in [-0.05, 0) is 49.6 Å². The lowest BCUT2D eigenvalue weighted by molar-refractivity contribution is -0.0484. The van der Waals surface area contributed by atoms with Gasteiger partial charge in [0.05, 0.1) is 11.6 Å². The van der Waals surface area contributed by atoms with Crippen molar-refractivity contribution in [3.63, 3.8) is 0 Å². The van der Waals surface area contributed by atoms with E-state index in [2.05, 4.69) is 26.1 Å². The minimum absolute atomic E-state index is 0.0816. The lowest BCUT2D eigenvalue weighted by Gasteiger charge is -2.40. The quantitative estimate of drug-likeness (QED) is 0.806. The molecule has 1 unspecified atom stereocenters. The van der Waals surface area contributed by atoms with Crippen LogP contribution < -0.4 is 5.32 Å². The maximum atomic E-state index is 13.3. The Morgan fingerprint density at radius 2 is 1.89 bits per heavy atom. The van der Waals surface area contributed by atoms with Crippen molar-refractivity contribution in [2.45, 2.75) is 52.2 Å². The molecule has 1 N–H and O–H groups in total. The van der Waals surface area contributed by atoms with Crippen LogP contribution in [-0.4, -0.2) is 19.3 Å². The van der Waals surface area contributed by atoms with Crippen molar-refractivity contribution < 1.29 is 9.13 Å². The van der Waals surface area contributed by atoms with E-state index < -0.39 is 0 Å². The summed E-state index contributed by atoms with van der Waals surface area (Å²) in [5.74, 6) is -0.187. The van der Waals surface area contributed by atoms with Gasteiger partial charge in [0.1, 0.15) is 5.82 Å². The predicted molar refractivity (Wildman–Crippen MR) is 77.9 cm³/mol. The summed E-state index contributed by atoms with van der Waals surface area (Å²) < 4.78 is 19.1. The number of nitrogens with one attached hydrogen (secondary N) is 1. The molecule has 1 atom stereocenters. The van der Waals surface area contributed by atoms with Crippen LogP contribution in [0.5, 0.6) is 0 Å². The van der Waals surface area contributed by atoms with Crippen molar-refractivity contribution in [1.82, 2.24) is 5.32 Å². The van der Waals surface area contributed by atoms with Crippen LogP contribution in [0.2, 0.25) is 0 Å². The van der Waals surface area contributed by atoms with Gasteiger partial charge in [0, 0.05) is 7.11 Å². The van der Waals surface area contributed by atoms with Crippen LogP contribution >= 0.6 is 0 Å². The highest BCUT2D eigenvalue weighted by molar-refractivity contribution is 5.31. The monoisotopic (exact) mass is 267 g/mol. The van der Waals surface area contributed by atoms with Crippen molar-refractivity contribution in [2.24, 2.45) is 0 Å². The molecule has 0 amide bonds. The summed E-state index contributed by atoms with van der Waals surface area (Å²) >= 11 is 0. The second-order valence-electron chi connectivity index (χ2n) is 4.97. The van der Waals surface area contributed by atoms with Crippen molar-refractivity contribution in [3.8, 4) is 0 Å². The molecule has 108 valence electrons. The normalized spacial score (nSPS) is 13.6. The van der Waals surface area contributed by atoms with Gasteiger partial charge in [-0.15, -0.1) is 0 Å². The third-order valence-electron chi connectivity index (χ3n) is 4.08. The molecule has 0 aliphatic carbocycles. The maximum Gasteiger partial charge on any atom is 0.123 e. The lowest BCUT2D eigenvalue weighted by Crippen LogP contribution is -2.45. The number of benzene rings is 1. The van der Waals surface area contributed by atoms with E-state index >= 15 is 0 Å². The average molecular weight is 267 g/mol. The molecule has 0 radical (unpaired) electrons. The number of hydrogen-bond acceptors (Lipinski definition) is 2. The van der Waals surface area contributed by atoms with E-state index in [1.54, 1.807) is 13.2 Å². The van der Waals surface area contributed by atoms with Crippen molar-refractivity contribution in [1.29, 1.82) is 0 Å². The molecule has 0 fully saturated rings. The molecule has 0 aliphatic rings. The van der Waals surface area contributed by atoms with E-state index in [1.165, 1.54) is 6.07 Å². The minimum atomic E-state index is -0.251. The second-order valence-corrected chi connectivity index (χ2v) is 4.97. The van der Waals surface area contributed by atoms with Gasteiger partial charge in [-0.3, -0.25) is 0 Å². The van der Waals surface area contributed by atoms with Crippen LogP contribution in [0, 0.1) is 12.7 Å². The Morgan fingerprint density at radius 1 is 1.26 bits per heavy atom. The van der Waals surface area contributed by atoms with Gasteiger partial charge in [0.25, 0.3) is 0 Å². The Kier molecular flexibility index (Phi) is 5.95. The Balaban J connectivity index is 3.25. The molecule has 0 aromatic heterocycles. The fraction of sp³-hybridized carbons (Fsp3) is 0.625. The molecule has 3 heteroatoms. The largest absolute Gasteiger partial charge is 0.376 e. The number of methoxy groups -OCH3 is 1. The smallest absolute Gasteiger partial charge is 0.123 e. The first-order valence-corrected chi connectivity index (χ1v) is 7.09. The van der Waals surface area contributed by atoms with Gasteiger partial charge in [-0.2, -0.15) is 0 Å². The van der Waals surface area contributed by atoms with Crippen molar-refractivity contribution >= 4 is 0 Å². The molecule has 1 rings (SSSR count). The molecular weight excluding hydrogens is 241 g/mol. The summed E-state index contributed by atoms with van der Waals surface area (Å²) in [7, 11) is 1.76. The predicted octanol–water partition coefficient (Wildman–Crippen LogP) is 3.99. The van der Waals surface area contributed by atoms with Gasteiger partial charge < -0.3 is 10.1 Å². The van der Waals surface area contributed by atoms with Gasteiger partial charge >= 0.3 is 0 Å². The molecule has 0 saturated heterocycles. The Bertz CT molecular complexity index is 393. The third kappa shape index (κ3) is 3.34. The molecule has 0 aliphatic heterocycles. The molecular formula is C16H26FNO. The van der Waals surface area contributed by atoms with Crippen LogP contribution in [0.25, 0.3) is 0 Å². The lowest BCUT2D eigenvalue weighted by atomic mass is 9.82. The highest BCUT2D eigenvalue weighted by Crippen LogP contribution is 2.36. The van der Waals surface area contributed by atoms with Gasteiger partial charge in [-0.25, -0.2) is 4.39 Å². The first-order valence-electron chi connectivity index (χ1n) is 7.09. The first kappa shape index (κ1) is 16.1. The van der Waals surface area contributed by atoms with Crippen molar-refractivity contribution in [3.05, 3.63) is 35.1 Å². The number of ether oxygens (including phenoxy) is 1. The SMILES string of the molecule is CCNC(c1ccc(F)cc1C)C(CC)(CC)OC. The maximum absolute atomic E-state index is 13.3. The summed E-state index contributed by atoms with van der Waals surface area (Å²) in [5.41, 5.74) is 1.83. The molecule has 0 bridgehead atoms. The number of likely N-dealkylation sites (N-methyl/N-ethyl adjacent to an activating group) is 1. The Hall–Kier alpha value is -0.930. The van der Waals surface area contributed by atoms with Gasteiger partial charge in [0.2, 0.25) is 0 Å². The average Bonchev–Trinajstić information content (AvgIpc) is 2.40. The summed E-state index contributed by atoms with van der Waals surface area (Å²) in [6.45, 7) is 9.16. The van der Waals surface area contributed by atoms with E-state index in [1.807, 2.05) is 13.0 Å².